The molecule has 1 aromatic carbocycles. The Hall–Kier alpha value is -0.390. The smallest absolute Gasteiger partial charge is 0.279 e. The van der Waals surface area contributed by atoms with Crippen molar-refractivity contribution in [3.8, 4) is 10.9 Å². The first kappa shape index (κ1) is 10.1. The lowest BCUT2D eigenvalue weighted by Gasteiger charge is -2.05. The largest absolute Gasteiger partial charge is 0.428 e. The summed E-state index contributed by atoms with van der Waals surface area (Å²) in [4.78, 5) is 3.92. The third kappa shape index (κ3) is 2.16. The molecule has 1 radical (unpaired) electrons. The second-order valence-corrected chi connectivity index (χ2v) is 4.92. The van der Waals surface area contributed by atoms with Crippen molar-refractivity contribution >= 4 is 43.2 Å². The molecule has 2 nitrogen and oxygen atoms in total. The van der Waals surface area contributed by atoms with Crippen LogP contribution in [0.2, 0.25) is 0 Å². The van der Waals surface area contributed by atoms with Gasteiger partial charge in [-0.15, -0.1) is 0 Å². The SMILES string of the molecule is Brc1cccc(Br)c1Oc1n[c]cs1. The highest BCUT2D eigenvalue weighted by Gasteiger charge is 2.08. The number of nitrogens with zero attached hydrogens (tertiary/aromatic N) is 1. The van der Waals surface area contributed by atoms with Crippen molar-refractivity contribution < 1.29 is 4.74 Å². The van der Waals surface area contributed by atoms with Gasteiger partial charge in [-0.2, -0.15) is 0 Å². The topological polar surface area (TPSA) is 22.1 Å². The number of benzene rings is 1. The summed E-state index contributed by atoms with van der Waals surface area (Å²) in [6.45, 7) is 0. The Balaban J connectivity index is 2.33. The average Bonchev–Trinajstić information content (AvgIpc) is 2.64. The molecular weight excluding hydrogens is 330 g/mol. The molecule has 2 aromatic rings. The lowest BCUT2D eigenvalue weighted by atomic mass is 10.3. The molecule has 0 spiro atoms. The zero-order valence-electron chi connectivity index (χ0n) is 6.83. The summed E-state index contributed by atoms with van der Waals surface area (Å²) in [7, 11) is 0. The van der Waals surface area contributed by atoms with Gasteiger partial charge in [-0.25, -0.2) is 4.98 Å². The highest BCUT2D eigenvalue weighted by atomic mass is 79.9. The number of hydrogen-bond donors (Lipinski definition) is 0. The van der Waals surface area contributed by atoms with Gasteiger partial charge in [0.25, 0.3) is 5.19 Å². The fraction of sp³-hybridized carbons (Fsp3) is 0. The highest BCUT2D eigenvalue weighted by molar-refractivity contribution is 9.11. The van der Waals surface area contributed by atoms with Crippen LogP contribution in [0.4, 0.5) is 0 Å². The zero-order valence-corrected chi connectivity index (χ0v) is 10.8. The Labute approximate surface area is 102 Å². The molecule has 0 aliphatic heterocycles. The van der Waals surface area contributed by atoms with Gasteiger partial charge >= 0.3 is 0 Å². The van der Waals surface area contributed by atoms with Crippen molar-refractivity contribution in [3.05, 3.63) is 38.7 Å². The number of rotatable bonds is 2. The van der Waals surface area contributed by atoms with Crippen molar-refractivity contribution in [3.63, 3.8) is 0 Å². The van der Waals surface area contributed by atoms with Gasteiger partial charge in [0.1, 0.15) is 6.20 Å². The molecule has 0 aliphatic carbocycles. The predicted molar refractivity (Wildman–Crippen MR) is 62.9 cm³/mol. The number of halogens is 2. The molecule has 71 valence electrons. The number of hydrogen-bond acceptors (Lipinski definition) is 3. The maximum atomic E-state index is 5.56. The van der Waals surface area contributed by atoms with Crippen molar-refractivity contribution in [2.24, 2.45) is 0 Å². The van der Waals surface area contributed by atoms with Crippen molar-refractivity contribution in [2.75, 3.05) is 0 Å². The number of thiazole rings is 1. The van der Waals surface area contributed by atoms with E-state index in [1.54, 1.807) is 5.38 Å². The van der Waals surface area contributed by atoms with E-state index in [2.05, 4.69) is 43.0 Å². The van der Waals surface area contributed by atoms with Gasteiger partial charge in [0.05, 0.1) is 8.95 Å². The summed E-state index contributed by atoms with van der Waals surface area (Å²) >= 11 is 8.21. The molecule has 0 saturated carbocycles. The van der Waals surface area contributed by atoms with Gasteiger partial charge in [0, 0.05) is 5.38 Å². The molecule has 0 unspecified atom stereocenters. The highest BCUT2D eigenvalue weighted by Crippen LogP contribution is 2.36. The molecule has 0 saturated heterocycles. The minimum Gasteiger partial charge on any atom is -0.428 e. The summed E-state index contributed by atoms with van der Waals surface area (Å²) in [6, 6.07) is 5.75. The predicted octanol–water partition coefficient (Wildman–Crippen LogP) is 4.26. The monoisotopic (exact) mass is 332 g/mol. The zero-order chi connectivity index (χ0) is 9.97. The maximum absolute atomic E-state index is 5.56. The van der Waals surface area contributed by atoms with E-state index in [9.17, 15) is 0 Å². The van der Waals surface area contributed by atoms with Crippen LogP contribution in [0.5, 0.6) is 10.9 Å². The molecule has 5 heteroatoms. The fourth-order valence-electron chi connectivity index (χ4n) is 0.896. The molecule has 0 N–H and O–H groups in total. The van der Waals surface area contributed by atoms with E-state index in [-0.39, 0.29) is 0 Å². The summed E-state index contributed by atoms with van der Waals surface area (Å²) in [5.41, 5.74) is 0. The summed E-state index contributed by atoms with van der Waals surface area (Å²) in [5, 5.41) is 2.33. The standard InChI is InChI=1S/C9H4Br2NOS/c10-6-2-1-3-7(11)8(6)13-9-12-4-5-14-9/h1-3,5H. The Morgan fingerprint density at radius 2 is 2.00 bits per heavy atom. The number of ether oxygens (including phenoxy) is 1. The second-order valence-electron chi connectivity index (χ2n) is 2.40. The van der Waals surface area contributed by atoms with Crippen LogP contribution in [0, 0.1) is 6.20 Å². The molecule has 0 atom stereocenters. The van der Waals surface area contributed by atoms with Crippen LogP contribution in [0.25, 0.3) is 0 Å². The van der Waals surface area contributed by atoms with E-state index in [4.69, 9.17) is 4.74 Å². The van der Waals surface area contributed by atoms with Crippen molar-refractivity contribution in [1.29, 1.82) is 0 Å². The first-order chi connectivity index (χ1) is 6.77. The van der Waals surface area contributed by atoms with Gasteiger partial charge in [-0.05, 0) is 44.0 Å². The van der Waals surface area contributed by atoms with E-state index < -0.39 is 0 Å². The minimum atomic E-state index is 0.581. The van der Waals surface area contributed by atoms with E-state index in [0.29, 0.717) is 5.19 Å². The summed E-state index contributed by atoms with van der Waals surface area (Å²) in [6.07, 6.45) is 2.70. The molecular formula is C9H4Br2NOS. The van der Waals surface area contributed by atoms with Gasteiger partial charge < -0.3 is 4.74 Å². The first-order valence-electron chi connectivity index (χ1n) is 3.71. The summed E-state index contributed by atoms with van der Waals surface area (Å²) < 4.78 is 7.34. The molecule has 1 aromatic heterocycles. The van der Waals surface area contributed by atoms with Crippen LogP contribution in [-0.2, 0) is 0 Å². The van der Waals surface area contributed by atoms with Crippen LogP contribution >= 0.6 is 43.2 Å². The van der Waals surface area contributed by atoms with Crippen LogP contribution < -0.4 is 4.74 Å². The third-order valence-corrected chi connectivity index (χ3v) is 3.33. The molecule has 2 rings (SSSR count). The van der Waals surface area contributed by atoms with Gasteiger partial charge in [-0.1, -0.05) is 17.4 Å². The molecule has 0 fully saturated rings. The lowest BCUT2D eigenvalue weighted by Crippen LogP contribution is -1.85. The number of aromatic nitrogens is 1. The van der Waals surface area contributed by atoms with E-state index >= 15 is 0 Å². The maximum Gasteiger partial charge on any atom is 0.279 e. The second kappa shape index (κ2) is 4.42. The molecule has 0 bridgehead atoms. The molecule has 0 aliphatic rings. The van der Waals surface area contributed by atoms with Crippen molar-refractivity contribution in [1.82, 2.24) is 4.98 Å². The summed E-state index contributed by atoms with van der Waals surface area (Å²) in [5.74, 6) is 0.732. The Bertz CT molecular complexity index is 410. The Morgan fingerprint density at radius 3 is 2.57 bits per heavy atom. The fourth-order valence-corrected chi connectivity index (χ4v) is 2.50. The average molecular weight is 334 g/mol. The lowest BCUT2D eigenvalue weighted by molar-refractivity contribution is 0.472. The van der Waals surface area contributed by atoms with Gasteiger partial charge in [0.2, 0.25) is 0 Å². The van der Waals surface area contributed by atoms with E-state index in [1.807, 2.05) is 18.2 Å². The van der Waals surface area contributed by atoms with Crippen LogP contribution in [0.15, 0.2) is 32.5 Å². The first-order valence-corrected chi connectivity index (χ1v) is 6.17. The molecule has 14 heavy (non-hydrogen) atoms. The minimum absolute atomic E-state index is 0.581. The van der Waals surface area contributed by atoms with Crippen molar-refractivity contribution in [2.45, 2.75) is 0 Å². The van der Waals surface area contributed by atoms with Gasteiger partial charge in [-0.3, -0.25) is 0 Å². The van der Waals surface area contributed by atoms with E-state index in [0.717, 1.165) is 14.7 Å². The number of para-hydroxylation sites is 1. The van der Waals surface area contributed by atoms with E-state index in [1.165, 1.54) is 11.3 Å². The van der Waals surface area contributed by atoms with Gasteiger partial charge in [0.15, 0.2) is 5.75 Å². The third-order valence-electron chi connectivity index (χ3n) is 1.48. The normalized spacial score (nSPS) is 10.1. The van der Waals surface area contributed by atoms with Crippen LogP contribution in [-0.4, -0.2) is 4.98 Å². The quantitative estimate of drug-likeness (QED) is 0.819. The molecule has 1 heterocycles. The Kier molecular flexibility index (Phi) is 3.20. The van der Waals surface area contributed by atoms with Crippen LogP contribution in [0.1, 0.15) is 0 Å². The Morgan fingerprint density at radius 1 is 1.29 bits per heavy atom. The van der Waals surface area contributed by atoms with Crippen LogP contribution in [0.3, 0.4) is 0 Å². The molecule has 0 amide bonds.